The highest BCUT2D eigenvalue weighted by molar-refractivity contribution is 5.95. The van der Waals surface area contributed by atoms with E-state index in [9.17, 15) is 0 Å². The highest BCUT2D eigenvalue weighted by Crippen LogP contribution is 2.17. The molecule has 0 fully saturated rings. The summed E-state index contributed by atoms with van der Waals surface area (Å²) in [6.45, 7) is 7.04. The van der Waals surface area contributed by atoms with Gasteiger partial charge in [-0.2, -0.15) is 0 Å². The number of nitrogens with zero attached hydrogens (tertiary/aromatic N) is 2. The lowest BCUT2D eigenvalue weighted by Gasteiger charge is -2.21. The van der Waals surface area contributed by atoms with Crippen LogP contribution in [0.25, 0.3) is 0 Å². The summed E-state index contributed by atoms with van der Waals surface area (Å²) in [6, 6.07) is 6.38. The molecular weight excluding hydrogens is 212 g/mol. The molecule has 0 radical (unpaired) electrons. The fraction of sp³-hybridized carbons (Fsp3) is 0.462. The standard InChI is InChI=1S/C13H22N4/c1-5-6-15-13(16-14)17(4)12-8-10(2)7-11(3)9-12/h7-9H,5-6,14H2,1-4H3,(H,15,16). The predicted molar refractivity (Wildman–Crippen MR) is 74.2 cm³/mol. The second-order valence-electron chi connectivity index (χ2n) is 4.25. The molecule has 3 N–H and O–H groups in total. The number of nitrogens with one attached hydrogen (secondary N) is 1. The molecule has 0 aliphatic rings. The summed E-state index contributed by atoms with van der Waals surface area (Å²) in [5, 5.41) is 0. The topological polar surface area (TPSA) is 53.6 Å². The van der Waals surface area contributed by atoms with Crippen LogP contribution in [-0.2, 0) is 0 Å². The molecule has 0 amide bonds. The first kappa shape index (κ1) is 13.5. The van der Waals surface area contributed by atoms with E-state index in [1.165, 1.54) is 11.1 Å². The first-order chi connectivity index (χ1) is 8.08. The van der Waals surface area contributed by atoms with Gasteiger partial charge in [-0.25, -0.2) is 5.84 Å². The number of aryl methyl sites for hydroxylation is 2. The summed E-state index contributed by atoms with van der Waals surface area (Å²) in [7, 11) is 1.96. The predicted octanol–water partition coefficient (Wildman–Crippen LogP) is 1.97. The molecule has 0 atom stereocenters. The second kappa shape index (κ2) is 6.25. The number of hydrogen-bond acceptors (Lipinski definition) is 2. The molecule has 0 aliphatic carbocycles. The molecule has 94 valence electrons. The van der Waals surface area contributed by atoms with Gasteiger partial charge in [0.1, 0.15) is 0 Å². The molecule has 4 heteroatoms. The van der Waals surface area contributed by atoms with E-state index in [-0.39, 0.29) is 0 Å². The minimum atomic E-state index is 0.692. The maximum Gasteiger partial charge on any atom is 0.212 e. The molecule has 0 unspecified atom stereocenters. The number of guanidine groups is 1. The number of anilines is 1. The Labute approximate surface area is 104 Å². The number of hydrogen-bond donors (Lipinski definition) is 2. The van der Waals surface area contributed by atoms with Crippen molar-refractivity contribution in [3.05, 3.63) is 29.3 Å². The van der Waals surface area contributed by atoms with Crippen LogP contribution in [0.15, 0.2) is 23.2 Å². The maximum absolute atomic E-state index is 5.51. The summed E-state index contributed by atoms with van der Waals surface area (Å²) < 4.78 is 0. The lowest BCUT2D eigenvalue weighted by Crippen LogP contribution is -2.43. The van der Waals surface area contributed by atoms with Crippen molar-refractivity contribution in [2.75, 3.05) is 18.5 Å². The van der Waals surface area contributed by atoms with Gasteiger partial charge in [-0.05, 0) is 43.5 Å². The van der Waals surface area contributed by atoms with Gasteiger partial charge in [0.15, 0.2) is 0 Å². The summed E-state index contributed by atoms with van der Waals surface area (Å²) >= 11 is 0. The van der Waals surface area contributed by atoms with Gasteiger partial charge in [0.2, 0.25) is 5.96 Å². The Bertz CT molecular complexity index is 378. The molecule has 17 heavy (non-hydrogen) atoms. The quantitative estimate of drug-likeness (QED) is 0.364. The first-order valence-electron chi connectivity index (χ1n) is 5.91. The Balaban J connectivity index is 2.97. The van der Waals surface area contributed by atoms with Crippen LogP contribution in [0, 0.1) is 13.8 Å². The van der Waals surface area contributed by atoms with Crippen LogP contribution >= 0.6 is 0 Å². The van der Waals surface area contributed by atoms with Gasteiger partial charge in [-0.3, -0.25) is 10.4 Å². The molecule has 0 bridgehead atoms. The molecule has 0 heterocycles. The van der Waals surface area contributed by atoms with Crippen LogP contribution in [0.3, 0.4) is 0 Å². The van der Waals surface area contributed by atoms with E-state index in [0.29, 0.717) is 5.96 Å². The number of nitrogens with two attached hydrogens (primary N) is 1. The molecule has 4 nitrogen and oxygen atoms in total. The Hall–Kier alpha value is -1.55. The Morgan fingerprint density at radius 2 is 1.88 bits per heavy atom. The molecular formula is C13H22N4. The van der Waals surface area contributed by atoms with Gasteiger partial charge in [0, 0.05) is 19.3 Å². The third kappa shape index (κ3) is 3.75. The van der Waals surface area contributed by atoms with Crippen molar-refractivity contribution in [1.29, 1.82) is 0 Å². The molecule has 0 spiro atoms. The van der Waals surface area contributed by atoms with E-state index < -0.39 is 0 Å². The van der Waals surface area contributed by atoms with E-state index in [1.54, 1.807) is 0 Å². The van der Waals surface area contributed by atoms with Crippen molar-refractivity contribution in [1.82, 2.24) is 5.43 Å². The zero-order chi connectivity index (χ0) is 12.8. The van der Waals surface area contributed by atoms with Crippen LogP contribution in [0.5, 0.6) is 0 Å². The van der Waals surface area contributed by atoms with Crippen molar-refractivity contribution in [3.63, 3.8) is 0 Å². The van der Waals surface area contributed by atoms with Crippen molar-refractivity contribution < 1.29 is 0 Å². The van der Waals surface area contributed by atoms with Crippen LogP contribution < -0.4 is 16.2 Å². The lowest BCUT2D eigenvalue weighted by molar-refractivity contribution is 0.889. The smallest absolute Gasteiger partial charge is 0.212 e. The molecule has 1 aromatic carbocycles. The average Bonchev–Trinajstić information content (AvgIpc) is 2.28. The van der Waals surface area contributed by atoms with E-state index in [0.717, 1.165) is 18.7 Å². The normalized spacial score (nSPS) is 11.5. The van der Waals surface area contributed by atoms with Crippen molar-refractivity contribution in [2.24, 2.45) is 10.8 Å². The summed E-state index contributed by atoms with van der Waals surface area (Å²) in [5.74, 6) is 6.20. The number of hydrazine groups is 1. The summed E-state index contributed by atoms with van der Waals surface area (Å²) in [6.07, 6.45) is 1.01. The molecule has 0 aliphatic heterocycles. The SMILES string of the molecule is CCCN=C(NN)N(C)c1cc(C)cc(C)c1. The lowest BCUT2D eigenvalue weighted by atomic mass is 10.1. The fourth-order valence-electron chi connectivity index (χ4n) is 1.73. The first-order valence-corrected chi connectivity index (χ1v) is 5.91. The van der Waals surface area contributed by atoms with E-state index in [2.05, 4.69) is 49.4 Å². The van der Waals surface area contributed by atoms with Gasteiger partial charge in [-0.1, -0.05) is 13.0 Å². The molecule has 1 aromatic rings. The highest BCUT2D eigenvalue weighted by Gasteiger charge is 2.07. The Morgan fingerprint density at radius 3 is 2.35 bits per heavy atom. The van der Waals surface area contributed by atoms with Crippen molar-refractivity contribution in [3.8, 4) is 0 Å². The highest BCUT2D eigenvalue weighted by atomic mass is 15.4. The van der Waals surface area contributed by atoms with Gasteiger partial charge in [0.25, 0.3) is 0 Å². The molecule has 0 aromatic heterocycles. The number of rotatable bonds is 3. The minimum Gasteiger partial charge on any atom is -0.315 e. The van der Waals surface area contributed by atoms with Gasteiger partial charge in [-0.15, -0.1) is 0 Å². The third-order valence-corrected chi connectivity index (χ3v) is 2.53. The molecule has 1 rings (SSSR count). The van der Waals surface area contributed by atoms with Gasteiger partial charge >= 0.3 is 0 Å². The average molecular weight is 234 g/mol. The maximum atomic E-state index is 5.51. The fourth-order valence-corrected chi connectivity index (χ4v) is 1.73. The zero-order valence-electron chi connectivity index (χ0n) is 11.1. The van der Waals surface area contributed by atoms with Crippen LogP contribution in [0.4, 0.5) is 5.69 Å². The van der Waals surface area contributed by atoms with E-state index in [1.807, 2.05) is 11.9 Å². The molecule has 0 saturated heterocycles. The monoisotopic (exact) mass is 234 g/mol. The minimum absolute atomic E-state index is 0.692. The molecule has 0 saturated carbocycles. The van der Waals surface area contributed by atoms with Crippen molar-refractivity contribution in [2.45, 2.75) is 27.2 Å². The van der Waals surface area contributed by atoms with Crippen LogP contribution in [-0.4, -0.2) is 19.6 Å². The van der Waals surface area contributed by atoms with Gasteiger partial charge < -0.3 is 4.90 Å². The van der Waals surface area contributed by atoms with Gasteiger partial charge in [0.05, 0.1) is 0 Å². The number of benzene rings is 1. The third-order valence-electron chi connectivity index (χ3n) is 2.53. The van der Waals surface area contributed by atoms with Crippen LogP contribution in [0.1, 0.15) is 24.5 Å². The summed E-state index contributed by atoms with van der Waals surface area (Å²) in [4.78, 5) is 6.37. The summed E-state index contributed by atoms with van der Waals surface area (Å²) in [5.41, 5.74) is 6.21. The number of aliphatic imine (C=N–C) groups is 1. The van der Waals surface area contributed by atoms with Crippen molar-refractivity contribution >= 4 is 11.6 Å². The van der Waals surface area contributed by atoms with E-state index in [4.69, 9.17) is 5.84 Å². The van der Waals surface area contributed by atoms with E-state index >= 15 is 0 Å². The largest absolute Gasteiger partial charge is 0.315 e. The van der Waals surface area contributed by atoms with Crippen LogP contribution in [0.2, 0.25) is 0 Å². The Kier molecular flexibility index (Phi) is 4.97. The Morgan fingerprint density at radius 1 is 1.29 bits per heavy atom. The second-order valence-corrected chi connectivity index (χ2v) is 4.25. The zero-order valence-corrected chi connectivity index (χ0v) is 11.1.